The fourth-order valence-corrected chi connectivity index (χ4v) is 2.61. The molecule has 2 N–H and O–H groups in total. The van der Waals surface area contributed by atoms with Crippen molar-refractivity contribution in [3.05, 3.63) is 54.7 Å². The summed E-state index contributed by atoms with van der Waals surface area (Å²) in [6.07, 6.45) is 9.69. The zero-order valence-corrected chi connectivity index (χ0v) is 14.6. The van der Waals surface area contributed by atoms with Crippen molar-refractivity contribution in [1.82, 2.24) is 29.8 Å². The highest BCUT2D eigenvalue weighted by Crippen LogP contribution is 2.04. The van der Waals surface area contributed by atoms with Crippen molar-refractivity contribution < 1.29 is 0 Å². The number of guanidine groups is 1. The van der Waals surface area contributed by atoms with E-state index in [0.717, 1.165) is 56.3 Å². The first-order valence-corrected chi connectivity index (χ1v) is 8.77. The minimum Gasteiger partial charge on any atom is -0.357 e. The Balaban J connectivity index is 1.45. The Morgan fingerprint density at radius 1 is 1.20 bits per heavy atom. The molecule has 0 aliphatic heterocycles. The summed E-state index contributed by atoms with van der Waals surface area (Å²) in [6.45, 7) is 5.37. The molecule has 25 heavy (non-hydrogen) atoms. The molecule has 0 radical (unpaired) electrons. The Labute approximate surface area is 147 Å². The first-order chi connectivity index (χ1) is 12.3. The van der Waals surface area contributed by atoms with Crippen LogP contribution in [0.5, 0.6) is 0 Å². The third kappa shape index (κ3) is 5.07. The topological polar surface area (TPSA) is 71.5 Å². The van der Waals surface area contributed by atoms with Crippen LogP contribution in [0.2, 0.25) is 0 Å². The monoisotopic (exact) mass is 339 g/mol. The summed E-state index contributed by atoms with van der Waals surface area (Å²) in [4.78, 5) is 9.23. The van der Waals surface area contributed by atoms with Gasteiger partial charge in [-0.1, -0.05) is 6.07 Å². The Morgan fingerprint density at radius 3 is 2.96 bits per heavy atom. The number of nitrogens with zero attached hydrogens (tertiary/aromatic N) is 5. The number of aryl methyl sites for hydroxylation is 1. The van der Waals surface area contributed by atoms with Gasteiger partial charge in [0.05, 0.1) is 5.69 Å². The molecule has 0 atom stereocenters. The number of rotatable bonds is 8. The second kappa shape index (κ2) is 8.86. The minimum absolute atomic E-state index is 0.767. The van der Waals surface area contributed by atoms with E-state index in [1.807, 2.05) is 45.7 Å². The van der Waals surface area contributed by atoms with Crippen molar-refractivity contribution in [3.63, 3.8) is 0 Å². The zero-order valence-electron chi connectivity index (χ0n) is 14.6. The molecule has 0 unspecified atom stereocenters. The molecule has 3 rings (SSSR count). The van der Waals surface area contributed by atoms with E-state index in [9.17, 15) is 0 Å². The van der Waals surface area contributed by atoms with Crippen LogP contribution in [0.1, 0.15) is 19.0 Å². The molecular formula is C18H25N7. The second-order valence-corrected chi connectivity index (χ2v) is 5.76. The van der Waals surface area contributed by atoms with Crippen LogP contribution in [-0.2, 0) is 13.0 Å². The summed E-state index contributed by atoms with van der Waals surface area (Å²) in [6, 6.07) is 7.97. The first-order valence-electron chi connectivity index (χ1n) is 8.77. The van der Waals surface area contributed by atoms with E-state index in [4.69, 9.17) is 0 Å². The highest BCUT2D eigenvalue weighted by atomic mass is 15.3. The molecule has 0 spiro atoms. The lowest BCUT2D eigenvalue weighted by Crippen LogP contribution is -2.38. The van der Waals surface area contributed by atoms with Gasteiger partial charge in [0.25, 0.3) is 0 Å². The van der Waals surface area contributed by atoms with E-state index >= 15 is 0 Å². The molecule has 3 heterocycles. The largest absolute Gasteiger partial charge is 0.357 e. The number of aliphatic imine (C=N–C) groups is 1. The molecule has 0 aliphatic carbocycles. The smallest absolute Gasteiger partial charge is 0.191 e. The van der Waals surface area contributed by atoms with Gasteiger partial charge in [-0.25, -0.2) is 4.98 Å². The SMILES string of the molecule is CCNC(=NCCCn1cccn1)NCCc1cn2ccccc2n1. The molecule has 3 aromatic heterocycles. The van der Waals surface area contributed by atoms with Crippen molar-refractivity contribution in [3.8, 4) is 0 Å². The molecule has 0 saturated heterocycles. The van der Waals surface area contributed by atoms with E-state index in [1.165, 1.54) is 0 Å². The fourth-order valence-electron chi connectivity index (χ4n) is 2.61. The molecule has 7 nitrogen and oxygen atoms in total. The van der Waals surface area contributed by atoms with Crippen molar-refractivity contribution in [2.24, 2.45) is 4.99 Å². The predicted molar refractivity (Wildman–Crippen MR) is 99.7 cm³/mol. The van der Waals surface area contributed by atoms with Crippen LogP contribution in [0.4, 0.5) is 0 Å². The third-order valence-electron chi connectivity index (χ3n) is 3.81. The van der Waals surface area contributed by atoms with E-state index in [-0.39, 0.29) is 0 Å². The lowest BCUT2D eigenvalue weighted by Gasteiger charge is -2.10. The fraction of sp³-hybridized carbons (Fsp3) is 0.389. The van der Waals surface area contributed by atoms with Crippen molar-refractivity contribution in [1.29, 1.82) is 0 Å². The number of hydrogen-bond acceptors (Lipinski definition) is 3. The van der Waals surface area contributed by atoms with Gasteiger partial charge >= 0.3 is 0 Å². The van der Waals surface area contributed by atoms with Gasteiger partial charge in [-0.3, -0.25) is 9.67 Å². The standard InChI is InChI=1S/C18H25N7/c1-2-19-18(20-9-5-13-25-14-6-10-22-25)21-11-8-16-15-24-12-4-3-7-17(24)23-16/h3-4,6-7,10,12,14-15H,2,5,8-9,11,13H2,1H3,(H2,19,20,21). The molecule has 0 aromatic carbocycles. The quantitative estimate of drug-likeness (QED) is 0.372. The summed E-state index contributed by atoms with van der Waals surface area (Å²) in [5, 5.41) is 10.9. The average molecular weight is 339 g/mol. The first kappa shape index (κ1) is 17.0. The number of pyridine rings is 1. The molecule has 3 aromatic rings. The average Bonchev–Trinajstić information content (AvgIpc) is 3.27. The van der Waals surface area contributed by atoms with Gasteiger partial charge in [0.15, 0.2) is 5.96 Å². The Bertz CT molecular complexity index is 756. The number of aromatic nitrogens is 4. The highest BCUT2D eigenvalue weighted by molar-refractivity contribution is 5.79. The van der Waals surface area contributed by atoms with Crippen LogP contribution < -0.4 is 10.6 Å². The molecule has 0 saturated carbocycles. The van der Waals surface area contributed by atoms with E-state index in [0.29, 0.717) is 0 Å². The third-order valence-corrected chi connectivity index (χ3v) is 3.81. The van der Waals surface area contributed by atoms with Crippen molar-refractivity contribution in [2.45, 2.75) is 26.3 Å². The van der Waals surface area contributed by atoms with Gasteiger partial charge in [0.2, 0.25) is 0 Å². The number of fused-ring (bicyclic) bond motifs is 1. The van der Waals surface area contributed by atoms with Gasteiger partial charge in [-0.05, 0) is 31.5 Å². The second-order valence-electron chi connectivity index (χ2n) is 5.76. The van der Waals surface area contributed by atoms with E-state index in [1.54, 1.807) is 6.20 Å². The molecule has 0 fully saturated rings. The minimum atomic E-state index is 0.767. The maximum atomic E-state index is 4.61. The highest BCUT2D eigenvalue weighted by Gasteiger charge is 2.02. The number of imidazole rings is 1. The molecule has 0 bridgehead atoms. The van der Waals surface area contributed by atoms with Gasteiger partial charge in [-0.2, -0.15) is 5.10 Å². The lowest BCUT2D eigenvalue weighted by molar-refractivity contribution is 0.584. The van der Waals surface area contributed by atoms with Crippen LogP contribution >= 0.6 is 0 Å². The van der Waals surface area contributed by atoms with Gasteiger partial charge < -0.3 is 15.0 Å². The summed E-state index contributed by atoms with van der Waals surface area (Å²) in [5.41, 5.74) is 2.06. The normalized spacial score (nSPS) is 11.8. The summed E-state index contributed by atoms with van der Waals surface area (Å²) in [5.74, 6) is 0.853. The molecule has 0 amide bonds. The molecule has 0 aliphatic rings. The summed E-state index contributed by atoms with van der Waals surface area (Å²) in [7, 11) is 0. The zero-order chi connectivity index (χ0) is 17.3. The van der Waals surface area contributed by atoms with Crippen LogP contribution in [0.15, 0.2) is 54.0 Å². The lowest BCUT2D eigenvalue weighted by atomic mass is 10.3. The van der Waals surface area contributed by atoms with Crippen LogP contribution in [0.25, 0.3) is 5.65 Å². The van der Waals surface area contributed by atoms with Crippen molar-refractivity contribution in [2.75, 3.05) is 19.6 Å². The maximum absolute atomic E-state index is 4.61. The summed E-state index contributed by atoms with van der Waals surface area (Å²) < 4.78 is 3.98. The van der Waals surface area contributed by atoms with Gasteiger partial charge in [-0.15, -0.1) is 0 Å². The van der Waals surface area contributed by atoms with E-state index < -0.39 is 0 Å². The van der Waals surface area contributed by atoms with E-state index in [2.05, 4.69) is 38.8 Å². The van der Waals surface area contributed by atoms with Crippen LogP contribution in [0.3, 0.4) is 0 Å². The van der Waals surface area contributed by atoms with Crippen LogP contribution in [0, 0.1) is 0 Å². The Kier molecular flexibility index (Phi) is 6.03. The maximum Gasteiger partial charge on any atom is 0.191 e. The Morgan fingerprint density at radius 2 is 2.16 bits per heavy atom. The molecule has 132 valence electrons. The van der Waals surface area contributed by atoms with Crippen LogP contribution in [-0.4, -0.2) is 44.8 Å². The van der Waals surface area contributed by atoms with Crippen molar-refractivity contribution >= 4 is 11.6 Å². The number of nitrogens with one attached hydrogen (secondary N) is 2. The van der Waals surface area contributed by atoms with Gasteiger partial charge in [0.1, 0.15) is 5.65 Å². The summed E-state index contributed by atoms with van der Waals surface area (Å²) >= 11 is 0. The molecular weight excluding hydrogens is 314 g/mol. The molecule has 7 heteroatoms. The predicted octanol–water partition coefficient (Wildman–Crippen LogP) is 1.72. The number of hydrogen-bond donors (Lipinski definition) is 2. The Hall–Kier alpha value is -2.83. The van der Waals surface area contributed by atoms with Gasteiger partial charge in [0, 0.05) is 57.4 Å².